The van der Waals surface area contributed by atoms with E-state index in [4.69, 9.17) is 0 Å². The van der Waals surface area contributed by atoms with Crippen LogP contribution < -0.4 is 5.32 Å². The number of carbonyl (C=O) groups is 1. The fourth-order valence-electron chi connectivity index (χ4n) is 2.23. The van der Waals surface area contributed by atoms with Gasteiger partial charge in [0.1, 0.15) is 0 Å². The van der Waals surface area contributed by atoms with Gasteiger partial charge in [-0.25, -0.2) is 0 Å². The zero-order valence-corrected chi connectivity index (χ0v) is 12.8. The highest BCUT2D eigenvalue weighted by Gasteiger charge is 2.25. The highest BCUT2D eigenvalue weighted by molar-refractivity contribution is 5.71. The van der Waals surface area contributed by atoms with Crippen molar-refractivity contribution in [2.24, 2.45) is 11.3 Å². The fraction of sp³-hybridized carbons (Fsp3) is 0.533. The van der Waals surface area contributed by atoms with E-state index >= 15 is 0 Å². The molecule has 116 valence electrons. The van der Waals surface area contributed by atoms with Crippen LogP contribution in [0, 0.1) is 28.4 Å². The van der Waals surface area contributed by atoms with Gasteiger partial charge in [0.25, 0.3) is 5.69 Å². The second-order valence-corrected chi connectivity index (χ2v) is 6.39. The van der Waals surface area contributed by atoms with Crippen LogP contribution in [0.4, 0.5) is 11.4 Å². The molecule has 0 aromatic heterocycles. The van der Waals surface area contributed by atoms with Crippen molar-refractivity contribution in [2.45, 2.75) is 34.1 Å². The number of anilines is 1. The Morgan fingerprint density at radius 2 is 2.05 bits per heavy atom. The van der Waals surface area contributed by atoms with Crippen molar-refractivity contribution >= 4 is 17.3 Å². The van der Waals surface area contributed by atoms with Gasteiger partial charge < -0.3 is 10.4 Å². The number of hydrogen-bond acceptors (Lipinski definition) is 4. The van der Waals surface area contributed by atoms with E-state index in [1.54, 1.807) is 19.1 Å². The molecule has 2 N–H and O–H groups in total. The van der Waals surface area contributed by atoms with E-state index in [-0.39, 0.29) is 17.6 Å². The van der Waals surface area contributed by atoms with Crippen LogP contribution in [-0.4, -0.2) is 22.5 Å². The van der Waals surface area contributed by atoms with Crippen molar-refractivity contribution < 1.29 is 14.8 Å². The zero-order valence-electron chi connectivity index (χ0n) is 12.8. The van der Waals surface area contributed by atoms with Crippen molar-refractivity contribution in [1.82, 2.24) is 0 Å². The normalized spacial score (nSPS) is 12.8. The molecule has 21 heavy (non-hydrogen) atoms. The molecule has 0 aliphatic carbocycles. The van der Waals surface area contributed by atoms with Gasteiger partial charge in [-0.2, -0.15) is 0 Å². The van der Waals surface area contributed by atoms with Gasteiger partial charge in [-0.05, 0) is 24.8 Å². The number of hydrogen-bond donors (Lipinski definition) is 2. The van der Waals surface area contributed by atoms with Crippen LogP contribution in [0.25, 0.3) is 0 Å². The van der Waals surface area contributed by atoms with Crippen molar-refractivity contribution in [1.29, 1.82) is 0 Å². The number of nitrogens with one attached hydrogen (secondary N) is 1. The first kappa shape index (κ1) is 16.9. The molecule has 0 bridgehead atoms. The van der Waals surface area contributed by atoms with Crippen LogP contribution >= 0.6 is 0 Å². The quantitative estimate of drug-likeness (QED) is 0.619. The lowest BCUT2D eigenvalue weighted by Gasteiger charge is -2.24. The molecule has 0 aliphatic rings. The fourth-order valence-corrected chi connectivity index (χ4v) is 2.23. The van der Waals surface area contributed by atoms with Crippen LogP contribution in [-0.2, 0) is 4.79 Å². The van der Waals surface area contributed by atoms with Crippen LogP contribution in [0.2, 0.25) is 0 Å². The standard InChI is InChI=1S/C15H22N2O4/c1-10-12(6-5-7-13(10)17(20)21)16-9-11(14(18)19)8-15(2,3)4/h5-7,11,16H,8-9H2,1-4H3,(H,18,19). The third-order valence-electron chi connectivity index (χ3n) is 3.25. The Hall–Kier alpha value is -2.11. The number of nitro benzene ring substituents is 1. The first-order valence-electron chi connectivity index (χ1n) is 6.82. The minimum absolute atomic E-state index is 0.0303. The number of aliphatic carboxylic acids is 1. The Morgan fingerprint density at radius 3 is 2.52 bits per heavy atom. The minimum Gasteiger partial charge on any atom is -0.481 e. The van der Waals surface area contributed by atoms with Gasteiger partial charge >= 0.3 is 5.97 Å². The summed E-state index contributed by atoms with van der Waals surface area (Å²) >= 11 is 0. The topological polar surface area (TPSA) is 92.5 Å². The molecule has 1 unspecified atom stereocenters. The average molecular weight is 294 g/mol. The third-order valence-corrected chi connectivity index (χ3v) is 3.25. The number of rotatable bonds is 6. The van der Waals surface area contributed by atoms with Gasteiger partial charge in [-0.15, -0.1) is 0 Å². The Morgan fingerprint density at radius 1 is 1.43 bits per heavy atom. The van der Waals surface area contributed by atoms with Gasteiger partial charge in [0.15, 0.2) is 0 Å². The van der Waals surface area contributed by atoms with Gasteiger partial charge in [0.2, 0.25) is 0 Å². The average Bonchev–Trinajstić information content (AvgIpc) is 2.33. The van der Waals surface area contributed by atoms with E-state index in [0.29, 0.717) is 17.7 Å². The van der Waals surface area contributed by atoms with Crippen LogP contribution in [0.15, 0.2) is 18.2 Å². The highest BCUT2D eigenvalue weighted by Crippen LogP contribution is 2.27. The second-order valence-electron chi connectivity index (χ2n) is 6.39. The molecule has 0 saturated heterocycles. The second kappa shape index (κ2) is 6.56. The summed E-state index contributed by atoms with van der Waals surface area (Å²) < 4.78 is 0. The molecule has 1 aromatic rings. The van der Waals surface area contributed by atoms with Gasteiger partial charge in [-0.3, -0.25) is 14.9 Å². The van der Waals surface area contributed by atoms with Crippen LogP contribution in [0.3, 0.4) is 0 Å². The molecule has 0 aliphatic heterocycles. The van der Waals surface area contributed by atoms with Gasteiger partial charge in [0.05, 0.1) is 10.8 Å². The third kappa shape index (κ3) is 5.06. The molecule has 0 amide bonds. The summed E-state index contributed by atoms with van der Waals surface area (Å²) in [7, 11) is 0. The van der Waals surface area contributed by atoms with E-state index in [1.807, 2.05) is 20.8 Å². The molecule has 6 nitrogen and oxygen atoms in total. The number of carboxylic acids is 1. The molecule has 0 spiro atoms. The van der Waals surface area contributed by atoms with Crippen molar-refractivity contribution in [2.75, 3.05) is 11.9 Å². The van der Waals surface area contributed by atoms with Crippen LogP contribution in [0.5, 0.6) is 0 Å². The molecule has 1 aromatic carbocycles. The summed E-state index contributed by atoms with van der Waals surface area (Å²) in [6.07, 6.45) is 0.531. The van der Waals surface area contributed by atoms with Crippen molar-refractivity contribution in [3.8, 4) is 0 Å². The van der Waals surface area contributed by atoms with Gasteiger partial charge in [-0.1, -0.05) is 26.8 Å². The molecule has 0 radical (unpaired) electrons. The smallest absolute Gasteiger partial charge is 0.308 e. The van der Waals surface area contributed by atoms with E-state index in [2.05, 4.69) is 5.32 Å². The summed E-state index contributed by atoms with van der Waals surface area (Å²) in [6, 6.07) is 4.75. The maximum Gasteiger partial charge on any atom is 0.308 e. The Bertz CT molecular complexity index is 535. The van der Waals surface area contributed by atoms with Crippen molar-refractivity contribution in [3.63, 3.8) is 0 Å². The summed E-state index contributed by atoms with van der Waals surface area (Å²) in [5.74, 6) is -1.40. The molecule has 0 heterocycles. The van der Waals surface area contributed by atoms with E-state index in [1.165, 1.54) is 6.07 Å². The molecule has 0 saturated carbocycles. The molecule has 1 rings (SSSR count). The van der Waals surface area contributed by atoms with Crippen molar-refractivity contribution in [3.05, 3.63) is 33.9 Å². The van der Waals surface area contributed by atoms with E-state index in [0.717, 1.165) is 0 Å². The number of nitrogens with zero attached hydrogens (tertiary/aromatic N) is 1. The predicted molar refractivity (Wildman–Crippen MR) is 81.5 cm³/mol. The lowest BCUT2D eigenvalue weighted by atomic mass is 9.84. The lowest BCUT2D eigenvalue weighted by molar-refractivity contribution is -0.385. The predicted octanol–water partition coefficient (Wildman–Crippen LogP) is 3.45. The molecule has 0 fully saturated rings. The highest BCUT2D eigenvalue weighted by atomic mass is 16.6. The Labute approximate surface area is 124 Å². The first-order chi connectivity index (χ1) is 9.61. The van der Waals surface area contributed by atoms with E-state index in [9.17, 15) is 20.0 Å². The summed E-state index contributed by atoms with van der Waals surface area (Å²) in [6.45, 7) is 7.86. The van der Waals surface area contributed by atoms with E-state index < -0.39 is 16.8 Å². The summed E-state index contributed by atoms with van der Waals surface area (Å²) in [4.78, 5) is 21.8. The summed E-state index contributed by atoms with van der Waals surface area (Å²) in [5, 5.41) is 23.2. The maximum atomic E-state index is 11.3. The largest absolute Gasteiger partial charge is 0.481 e. The monoisotopic (exact) mass is 294 g/mol. The Kier molecular flexibility index (Phi) is 5.29. The number of carboxylic acid groups (broad SMARTS) is 1. The number of nitro groups is 1. The molecule has 6 heteroatoms. The SMILES string of the molecule is Cc1c(NCC(CC(C)(C)C)C(=O)O)cccc1[N+](=O)[O-]. The molecule has 1 atom stereocenters. The zero-order chi connectivity index (χ0) is 16.2. The van der Waals surface area contributed by atoms with Crippen LogP contribution in [0.1, 0.15) is 32.8 Å². The first-order valence-corrected chi connectivity index (χ1v) is 6.82. The number of benzene rings is 1. The molecular formula is C15H22N2O4. The molecular weight excluding hydrogens is 272 g/mol. The maximum absolute atomic E-state index is 11.3. The summed E-state index contributed by atoms with van der Waals surface area (Å²) in [5.41, 5.74) is 1.05. The minimum atomic E-state index is -0.861. The van der Waals surface area contributed by atoms with Gasteiger partial charge in [0, 0.05) is 23.9 Å². The Balaban J connectivity index is 2.84. The lowest BCUT2D eigenvalue weighted by Crippen LogP contribution is -2.27.